The molecule has 0 aliphatic carbocycles. The zero-order valence-corrected chi connectivity index (χ0v) is 16.6. The zero-order chi connectivity index (χ0) is 20.2. The summed E-state index contributed by atoms with van der Waals surface area (Å²) >= 11 is 0. The van der Waals surface area contributed by atoms with Gasteiger partial charge in [0.2, 0.25) is 0 Å². The van der Waals surface area contributed by atoms with Gasteiger partial charge in [-0.1, -0.05) is 12.1 Å². The quantitative estimate of drug-likeness (QED) is 0.835. The van der Waals surface area contributed by atoms with Crippen LogP contribution in [0, 0.1) is 6.92 Å². The Kier molecular flexibility index (Phi) is 6.10. The maximum atomic E-state index is 13.1. The topological polar surface area (TPSA) is 67.9 Å². The lowest BCUT2D eigenvalue weighted by molar-refractivity contribution is 0.0358. The molecule has 0 atom stereocenters. The average Bonchev–Trinajstić information content (AvgIpc) is 2.64. The number of carbonyl (C=O) groups is 2. The third-order valence-electron chi connectivity index (χ3n) is 4.15. The van der Waals surface area contributed by atoms with Crippen LogP contribution in [0.5, 0.6) is 11.5 Å². The molecule has 2 aromatic rings. The van der Waals surface area contributed by atoms with Crippen LogP contribution in [0.3, 0.4) is 0 Å². The van der Waals surface area contributed by atoms with Gasteiger partial charge in [-0.25, -0.2) is 5.01 Å². The summed E-state index contributed by atoms with van der Waals surface area (Å²) in [7, 11) is 3.09. The number of methoxy groups -OCH3 is 2. The minimum absolute atomic E-state index is 0.324. The van der Waals surface area contributed by atoms with Crippen LogP contribution in [0.25, 0.3) is 0 Å². The minimum atomic E-state index is -0.636. The SMILES string of the molecule is COc1cccc(C(=O)N(NC(=O)c2cccc(OC)c2C)C(C)(C)C)c1. The van der Waals surface area contributed by atoms with Crippen molar-refractivity contribution in [1.82, 2.24) is 10.4 Å². The van der Waals surface area contributed by atoms with Crippen LogP contribution in [0.1, 0.15) is 47.1 Å². The number of amides is 2. The van der Waals surface area contributed by atoms with Crippen LogP contribution < -0.4 is 14.9 Å². The molecule has 0 fully saturated rings. The molecule has 0 spiro atoms. The molecular weight excluding hydrogens is 344 g/mol. The van der Waals surface area contributed by atoms with Gasteiger partial charge in [0.1, 0.15) is 11.5 Å². The number of ether oxygens (including phenoxy) is 2. The molecule has 144 valence electrons. The second-order valence-electron chi connectivity index (χ2n) is 7.12. The maximum absolute atomic E-state index is 13.1. The maximum Gasteiger partial charge on any atom is 0.272 e. The molecule has 6 heteroatoms. The molecular formula is C21H26N2O4. The predicted octanol–water partition coefficient (Wildman–Crippen LogP) is 3.60. The summed E-state index contributed by atoms with van der Waals surface area (Å²) in [5, 5.41) is 1.34. The molecule has 2 rings (SSSR count). The van der Waals surface area contributed by atoms with Gasteiger partial charge in [0.05, 0.1) is 19.8 Å². The van der Waals surface area contributed by atoms with Crippen molar-refractivity contribution < 1.29 is 19.1 Å². The molecule has 0 aliphatic heterocycles. The smallest absolute Gasteiger partial charge is 0.272 e. The van der Waals surface area contributed by atoms with Crippen molar-refractivity contribution in [2.24, 2.45) is 0 Å². The van der Waals surface area contributed by atoms with Crippen LogP contribution >= 0.6 is 0 Å². The highest BCUT2D eigenvalue weighted by atomic mass is 16.5. The van der Waals surface area contributed by atoms with E-state index < -0.39 is 5.54 Å². The molecule has 0 bridgehead atoms. The second kappa shape index (κ2) is 8.12. The highest BCUT2D eigenvalue weighted by Crippen LogP contribution is 2.22. The van der Waals surface area contributed by atoms with E-state index in [2.05, 4.69) is 5.43 Å². The summed E-state index contributed by atoms with van der Waals surface area (Å²) in [6.07, 6.45) is 0. The molecule has 2 aromatic carbocycles. The lowest BCUT2D eigenvalue weighted by atomic mass is 10.1. The van der Waals surface area contributed by atoms with E-state index in [-0.39, 0.29) is 11.8 Å². The van der Waals surface area contributed by atoms with Gasteiger partial charge in [-0.15, -0.1) is 0 Å². The van der Waals surface area contributed by atoms with Gasteiger partial charge >= 0.3 is 0 Å². The van der Waals surface area contributed by atoms with E-state index in [0.717, 1.165) is 0 Å². The van der Waals surface area contributed by atoms with Crippen molar-refractivity contribution in [2.45, 2.75) is 33.2 Å². The normalized spacial score (nSPS) is 10.9. The van der Waals surface area contributed by atoms with E-state index >= 15 is 0 Å². The van der Waals surface area contributed by atoms with Gasteiger partial charge in [-0.2, -0.15) is 0 Å². The first-order chi connectivity index (χ1) is 12.7. The molecule has 6 nitrogen and oxygen atoms in total. The molecule has 0 saturated heterocycles. The number of nitrogens with zero attached hydrogens (tertiary/aromatic N) is 1. The Morgan fingerprint density at radius 3 is 2.26 bits per heavy atom. The van der Waals surface area contributed by atoms with Gasteiger partial charge in [-0.3, -0.25) is 15.0 Å². The number of hydrazine groups is 1. The van der Waals surface area contributed by atoms with E-state index in [1.165, 1.54) is 5.01 Å². The summed E-state index contributed by atoms with van der Waals surface area (Å²) in [5.41, 5.74) is 3.69. The molecule has 0 heterocycles. The van der Waals surface area contributed by atoms with Crippen molar-refractivity contribution in [3.8, 4) is 11.5 Å². The van der Waals surface area contributed by atoms with E-state index in [9.17, 15) is 9.59 Å². The first kappa shape index (κ1) is 20.3. The number of nitrogens with one attached hydrogen (secondary N) is 1. The first-order valence-electron chi connectivity index (χ1n) is 8.62. The van der Waals surface area contributed by atoms with Crippen LogP contribution in [-0.4, -0.2) is 36.6 Å². The molecule has 27 heavy (non-hydrogen) atoms. The summed E-state index contributed by atoms with van der Waals surface area (Å²) in [5.74, 6) is 0.488. The Bertz CT molecular complexity index is 840. The number of hydrogen-bond acceptors (Lipinski definition) is 4. The molecule has 0 aliphatic rings. The van der Waals surface area contributed by atoms with Gasteiger partial charge in [0.15, 0.2) is 0 Å². The van der Waals surface area contributed by atoms with E-state index in [1.807, 2.05) is 20.8 Å². The van der Waals surface area contributed by atoms with E-state index in [0.29, 0.717) is 28.2 Å². The Hall–Kier alpha value is -3.02. The van der Waals surface area contributed by atoms with Crippen LogP contribution in [0.4, 0.5) is 0 Å². The lowest BCUT2D eigenvalue weighted by Crippen LogP contribution is -2.56. The largest absolute Gasteiger partial charge is 0.497 e. The number of benzene rings is 2. The molecule has 0 aromatic heterocycles. The molecule has 1 N–H and O–H groups in total. The lowest BCUT2D eigenvalue weighted by Gasteiger charge is -2.35. The van der Waals surface area contributed by atoms with E-state index in [1.54, 1.807) is 63.6 Å². The fraction of sp³-hybridized carbons (Fsp3) is 0.333. The highest BCUT2D eigenvalue weighted by molar-refractivity contribution is 6.00. The van der Waals surface area contributed by atoms with Crippen molar-refractivity contribution in [2.75, 3.05) is 14.2 Å². The van der Waals surface area contributed by atoms with Gasteiger partial charge in [0, 0.05) is 16.7 Å². The summed E-state index contributed by atoms with van der Waals surface area (Å²) in [6.45, 7) is 7.36. The number of hydrogen-bond donors (Lipinski definition) is 1. The Morgan fingerprint density at radius 2 is 1.67 bits per heavy atom. The average molecular weight is 370 g/mol. The van der Waals surface area contributed by atoms with Crippen molar-refractivity contribution in [3.05, 3.63) is 59.2 Å². The Labute approximate surface area is 160 Å². The molecule has 2 amide bonds. The Balaban J connectivity index is 2.35. The van der Waals surface area contributed by atoms with E-state index in [4.69, 9.17) is 9.47 Å². The third kappa shape index (κ3) is 4.58. The predicted molar refractivity (Wildman–Crippen MR) is 104 cm³/mol. The third-order valence-corrected chi connectivity index (χ3v) is 4.15. The van der Waals surface area contributed by atoms with Gasteiger partial charge in [-0.05, 0) is 58.0 Å². The van der Waals surface area contributed by atoms with Gasteiger partial charge in [0.25, 0.3) is 11.8 Å². The molecule has 0 unspecified atom stereocenters. The van der Waals surface area contributed by atoms with Crippen molar-refractivity contribution in [1.29, 1.82) is 0 Å². The fourth-order valence-electron chi connectivity index (χ4n) is 2.65. The second-order valence-corrected chi connectivity index (χ2v) is 7.12. The highest BCUT2D eigenvalue weighted by Gasteiger charge is 2.30. The zero-order valence-electron chi connectivity index (χ0n) is 16.6. The first-order valence-corrected chi connectivity index (χ1v) is 8.62. The molecule has 0 radical (unpaired) electrons. The summed E-state index contributed by atoms with van der Waals surface area (Å²) < 4.78 is 10.5. The van der Waals surface area contributed by atoms with Gasteiger partial charge < -0.3 is 9.47 Å². The monoisotopic (exact) mass is 370 g/mol. The summed E-state index contributed by atoms with van der Waals surface area (Å²) in [4.78, 5) is 25.9. The Morgan fingerprint density at radius 1 is 1.00 bits per heavy atom. The summed E-state index contributed by atoms with van der Waals surface area (Å²) in [6, 6.07) is 12.1. The van der Waals surface area contributed by atoms with Crippen LogP contribution in [0.2, 0.25) is 0 Å². The number of rotatable bonds is 4. The standard InChI is InChI=1S/C21H26N2O4/c1-14-17(11-8-12-18(14)27-6)19(24)22-23(21(2,3)4)20(25)15-9-7-10-16(13-15)26-5/h7-13H,1-6H3,(H,22,24). The van der Waals surface area contributed by atoms with Crippen molar-refractivity contribution in [3.63, 3.8) is 0 Å². The molecule has 0 saturated carbocycles. The minimum Gasteiger partial charge on any atom is -0.497 e. The van der Waals surface area contributed by atoms with Crippen LogP contribution in [-0.2, 0) is 0 Å². The van der Waals surface area contributed by atoms with Crippen molar-refractivity contribution >= 4 is 11.8 Å². The van der Waals surface area contributed by atoms with Crippen LogP contribution in [0.15, 0.2) is 42.5 Å². The fourth-order valence-corrected chi connectivity index (χ4v) is 2.65. The number of carbonyl (C=O) groups excluding carboxylic acids is 2.